The number of anilines is 3. The summed E-state index contributed by atoms with van der Waals surface area (Å²) in [5.41, 5.74) is 24.4. The number of nitrogens with zero attached hydrogens (tertiary/aromatic N) is 4. The molecule has 0 radical (unpaired) electrons. The van der Waals surface area contributed by atoms with Crippen molar-refractivity contribution >= 4 is 137 Å². The Morgan fingerprint density at radius 3 is 1.64 bits per heavy atom. The van der Waals surface area contributed by atoms with Crippen molar-refractivity contribution in [2.45, 2.75) is 130 Å². The van der Waals surface area contributed by atoms with Crippen molar-refractivity contribution in [3.8, 4) is 17.1 Å². The zero-order valence-electron chi connectivity index (χ0n) is 52.0. The number of para-hydroxylation sites is 3. The molecular weight excluding hydrogens is 1060 g/mol. The molecule has 17 rings (SSSR count). The zero-order chi connectivity index (χ0) is 59.0. The van der Waals surface area contributed by atoms with Gasteiger partial charge in [-0.15, -0.1) is 11.3 Å². The van der Waals surface area contributed by atoms with Gasteiger partial charge < -0.3 is 18.6 Å². The van der Waals surface area contributed by atoms with E-state index in [1.165, 1.54) is 159 Å². The Bertz CT molecular complexity index is 5230. The lowest BCUT2D eigenvalue weighted by Crippen LogP contribution is -2.59. The van der Waals surface area contributed by atoms with Crippen molar-refractivity contribution < 1.29 is 0 Å². The fourth-order valence-corrected chi connectivity index (χ4v) is 17.3. The summed E-state index contributed by atoms with van der Waals surface area (Å²) in [5.74, 6) is 0. The molecule has 4 nitrogen and oxygen atoms in total. The molecule has 6 heteroatoms. The van der Waals surface area contributed by atoms with Gasteiger partial charge in [0.2, 0.25) is 0 Å². The smallest absolute Gasteiger partial charge is 0.264 e. The molecule has 0 spiro atoms. The van der Waals surface area contributed by atoms with E-state index < -0.39 is 0 Å². The summed E-state index contributed by atoms with van der Waals surface area (Å²) in [7, 11) is 0. The molecular formula is C80H73BN4S. The van der Waals surface area contributed by atoms with E-state index in [9.17, 15) is 0 Å². The molecule has 2 aliphatic heterocycles. The maximum atomic E-state index is 2.75. The Balaban J connectivity index is 1.10. The van der Waals surface area contributed by atoms with E-state index in [-0.39, 0.29) is 33.8 Å². The predicted octanol–water partition coefficient (Wildman–Crippen LogP) is 20.2. The first-order valence-electron chi connectivity index (χ1n) is 31.3. The van der Waals surface area contributed by atoms with Gasteiger partial charge in [-0.25, -0.2) is 0 Å². The third-order valence-electron chi connectivity index (χ3n) is 20.7. The fourth-order valence-electron chi connectivity index (χ4n) is 16.0. The molecule has 14 aromatic rings. The predicted molar refractivity (Wildman–Crippen MR) is 373 cm³/mol. The number of hydrogen-bond donors (Lipinski definition) is 0. The molecule has 0 saturated carbocycles. The summed E-state index contributed by atoms with van der Waals surface area (Å²) in [6, 6.07) is 71.6. The van der Waals surface area contributed by atoms with E-state index in [1.54, 1.807) is 0 Å². The van der Waals surface area contributed by atoms with Crippen molar-refractivity contribution in [3.63, 3.8) is 0 Å². The third kappa shape index (κ3) is 7.05. The van der Waals surface area contributed by atoms with Crippen molar-refractivity contribution in [1.82, 2.24) is 13.7 Å². The van der Waals surface area contributed by atoms with Crippen molar-refractivity contribution in [2.24, 2.45) is 0 Å². The first-order chi connectivity index (χ1) is 41.1. The average molecular weight is 1130 g/mol. The van der Waals surface area contributed by atoms with E-state index in [4.69, 9.17) is 0 Å². The number of hydrogen-bond acceptors (Lipinski definition) is 2. The van der Waals surface area contributed by atoms with Crippen LogP contribution in [0.2, 0.25) is 0 Å². The third-order valence-corrected chi connectivity index (χ3v) is 21.9. The van der Waals surface area contributed by atoms with E-state index in [0.717, 1.165) is 17.8 Å². The quantitative estimate of drug-likeness (QED) is 0.161. The highest BCUT2D eigenvalue weighted by atomic mass is 32.1. The van der Waals surface area contributed by atoms with Crippen LogP contribution in [0.1, 0.15) is 131 Å². The minimum atomic E-state index is -0.0495. The lowest BCUT2D eigenvalue weighted by molar-refractivity contribution is 0.332. The minimum absolute atomic E-state index is 0.00338. The van der Waals surface area contributed by atoms with Gasteiger partial charge in [0, 0.05) is 80.8 Å². The van der Waals surface area contributed by atoms with Crippen LogP contribution >= 0.6 is 11.3 Å². The van der Waals surface area contributed by atoms with Crippen LogP contribution < -0.4 is 20.6 Å². The SMILES string of the molecule is CC(C)(C)c1ccc2sc3c(c2c1)N(c1ccc2c(c1)C(C)(C)CCC2(C)C)c1cc(-n2c4ccc(C(C)(C)C)cc4c4cc(C(C)(C)C)ccc42)cc2c1B3c1cccc3c4c5c(c6ccccc6c4n-2c13)c1ccccc1n5-c1ccccc1. The van der Waals surface area contributed by atoms with Crippen LogP contribution in [-0.4, -0.2) is 20.4 Å². The normalized spacial score (nSPS) is 15.5. The van der Waals surface area contributed by atoms with E-state index in [2.05, 4.69) is 291 Å². The maximum Gasteiger partial charge on any atom is 0.264 e. The van der Waals surface area contributed by atoms with Crippen molar-refractivity contribution in [3.05, 3.63) is 210 Å². The summed E-state index contributed by atoms with van der Waals surface area (Å²) in [5, 5.41) is 11.6. The number of benzene rings is 10. The van der Waals surface area contributed by atoms with Gasteiger partial charge >= 0.3 is 0 Å². The minimum Gasteiger partial charge on any atom is -0.310 e. The molecule has 86 heavy (non-hydrogen) atoms. The van der Waals surface area contributed by atoms with E-state index in [1.807, 2.05) is 11.3 Å². The molecule has 6 heterocycles. The standard InChI is InChI=1S/C80H73BN4S/c1-76(2,3)46-30-35-63-56(40-46)57-41-47(77(4,5)6)31-36-64(57)82(63)51-44-65-70-66(45-51)85-71-55(69-72(85)53-25-18-17-24-52(53)68-54-26-19-20-29-62(54)83(74(68)69)49-22-15-14-16-23-49)27-21-28-61(71)81(70)75-73(58-42-48(78(7,8)9)32-37-67(58)86-75)84(65)50-33-34-59-60(43-50)80(12,13)39-38-79(59,10)11/h14-37,40-45H,38-39H2,1-13H3. The molecule has 0 fully saturated rings. The Kier molecular flexibility index (Phi) is 10.4. The molecule has 0 amide bonds. The van der Waals surface area contributed by atoms with Crippen LogP contribution in [0.4, 0.5) is 17.1 Å². The summed E-state index contributed by atoms with van der Waals surface area (Å²) in [4.78, 5) is 2.75. The van der Waals surface area contributed by atoms with Crippen LogP contribution in [-0.2, 0) is 27.1 Å². The van der Waals surface area contributed by atoms with E-state index >= 15 is 0 Å². The summed E-state index contributed by atoms with van der Waals surface area (Å²) in [6.07, 6.45) is 2.31. The second-order valence-corrected chi connectivity index (χ2v) is 31.1. The molecule has 3 aliphatic rings. The number of thiophene rings is 1. The molecule has 0 unspecified atom stereocenters. The van der Waals surface area contributed by atoms with Gasteiger partial charge in [0.05, 0.1) is 39.0 Å². The zero-order valence-corrected chi connectivity index (χ0v) is 52.8. The lowest BCUT2D eigenvalue weighted by atomic mass is 9.36. The van der Waals surface area contributed by atoms with Gasteiger partial charge in [-0.2, -0.15) is 0 Å². The van der Waals surface area contributed by atoms with Crippen molar-refractivity contribution in [1.29, 1.82) is 0 Å². The van der Waals surface area contributed by atoms with Gasteiger partial charge in [0.25, 0.3) is 6.71 Å². The molecule has 0 bridgehead atoms. The highest BCUT2D eigenvalue weighted by Crippen LogP contribution is 2.54. The summed E-state index contributed by atoms with van der Waals surface area (Å²) < 4.78 is 10.7. The fraction of sp³-hybridized carbons (Fsp3) is 0.250. The molecule has 422 valence electrons. The molecule has 10 aromatic carbocycles. The summed E-state index contributed by atoms with van der Waals surface area (Å²) >= 11 is 2.01. The van der Waals surface area contributed by atoms with E-state index in [0.29, 0.717) is 0 Å². The van der Waals surface area contributed by atoms with Crippen LogP contribution in [0.5, 0.6) is 0 Å². The molecule has 0 saturated heterocycles. The maximum absolute atomic E-state index is 2.75. The monoisotopic (exact) mass is 1130 g/mol. The molecule has 1 aliphatic carbocycles. The van der Waals surface area contributed by atoms with Gasteiger partial charge in [0.1, 0.15) is 0 Å². The lowest BCUT2D eigenvalue weighted by Gasteiger charge is -2.43. The Labute approximate surface area is 509 Å². The molecule has 0 N–H and O–H groups in total. The van der Waals surface area contributed by atoms with Crippen molar-refractivity contribution in [2.75, 3.05) is 4.90 Å². The molecule has 4 aromatic heterocycles. The number of fused-ring (bicyclic) bond motifs is 20. The van der Waals surface area contributed by atoms with Crippen LogP contribution in [0, 0.1) is 0 Å². The van der Waals surface area contributed by atoms with Gasteiger partial charge in [-0.05, 0) is 163 Å². The first-order valence-corrected chi connectivity index (χ1v) is 32.1. The van der Waals surface area contributed by atoms with Gasteiger partial charge in [0.15, 0.2) is 0 Å². The van der Waals surface area contributed by atoms with Gasteiger partial charge in [-0.1, -0.05) is 193 Å². The Hall–Kier alpha value is -8.32. The number of aromatic nitrogens is 3. The highest BCUT2D eigenvalue weighted by Gasteiger charge is 2.46. The van der Waals surface area contributed by atoms with Crippen LogP contribution in [0.3, 0.4) is 0 Å². The Morgan fingerprint density at radius 1 is 0.395 bits per heavy atom. The number of rotatable bonds is 3. The second-order valence-electron chi connectivity index (χ2n) is 30.0. The molecule has 0 atom stereocenters. The van der Waals surface area contributed by atoms with Crippen LogP contribution in [0.25, 0.3) is 103 Å². The first kappa shape index (κ1) is 52.0. The van der Waals surface area contributed by atoms with Crippen LogP contribution in [0.15, 0.2) is 182 Å². The largest absolute Gasteiger partial charge is 0.310 e. The van der Waals surface area contributed by atoms with Gasteiger partial charge in [-0.3, -0.25) is 0 Å². The second kappa shape index (κ2) is 17.2. The summed E-state index contributed by atoms with van der Waals surface area (Å²) in [6.45, 7) is 31.0. The topological polar surface area (TPSA) is 18.0 Å². The Morgan fingerprint density at radius 2 is 0.965 bits per heavy atom. The highest BCUT2D eigenvalue weighted by molar-refractivity contribution is 7.33. The average Bonchev–Trinajstić information content (AvgIpc) is 1.46.